The molecule has 1 aromatic carbocycles. The molecule has 0 aliphatic rings. The van der Waals surface area contributed by atoms with Crippen LogP contribution in [0.3, 0.4) is 0 Å². The number of aryl methyl sites for hydroxylation is 1. The van der Waals surface area contributed by atoms with E-state index >= 15 is 0 Å². The predicted octanol–water partition coefficient (Wildman–Crippen LogP) is 3.41. The second kappa shape index (κ2) is 4.13. The Labute approximate surface area is 106 Å². The Balaban J connectivity index is 2.22. The molecule has 0 aliphatic carbocycles. The number of nitrogens with zero attached hydrogens (tertiary/aromatic N) is 1. The fourth-order valence-corrected chi connectivity index (χ4v) is 4.21. The third-order valence-corrected chi connectivity index (χ3v) is 5.37. The number of aromatic nitrogens is 1. The van der Waals surface area contributed by atoms with Gasteiger partial charge in [0.15, 0.2) is 0 Å². The molecule has 0 saturated carbocycles. The van der Waals surface area contributed by atoms with Crippen LogP contribution in [0.1, 0.15) is 0 Å². The second-order valence-corrected chi connectivity index (χ2v) is 6.45. The van der Waals surface area contributed by atoms with Gasteiger partial charge in [-0.25, -0.2) is 4.21 Å². The highest BCUT2D eigenvalue weighted by molar-refractivity contribution is 7.87. The van der Waals surface area contributed by atoms with Crippen molar-refractivity contribution in [3.63, 3.8) is 0 Å². The summed E-state index contributed by atoms with van der Waals surface area (Å²) in [6, 6.07) is 11.9. The summed E-state index contributed by atoms with van der Waals surface area (Å²) >= 11 is 1.53. The van der Waals surface area contributed by atoms with Gasteiger partial charge in [-0.2, -0.15) is 0 Å². The number of hydrogen-bond acceptors (Lipinski definition) is 2. The lowest BCUT2D eigenvalue weighted by molar-refractivity contribution is 0.684. The van der Waals surface area contributed by atoms with E-state index in [0.717, 1.165) is 20.0 Å². The average Bonchev–Trinajstić information content (AvgIpc) is 2.97. The fourth-order valence-electron chi connectivity index (χ4n) is 1.93. The summed E-state index contributed by atoms with van der Waals surface area (Å²) in [5.74, 6) is 0. The summed E-state index contributed by atoms with van der Waals surface area (Å²) in [6.07, 6.45) is 1.96. The van der Waals surface area contributed by atoms with E-state index in [4.69, 9.17) is 0 Å². The largest absolute Gasteiger partial charge is 0.349 e. The van der Waals surface area contributed by atoms with Crippen LogP contribution in [0.4, 0.5) is 0 Å². The summed E-state index contributed by atoms with van der Waals surface area (Å²) in [5, 5.41) is 3.03. The lowest BCUT2D eigenvalue weighted by Crippen LogP contribution is -1.88. The van der Waals surface area contributed by atoms with Crippen molar-refractivity contribution in [3.8, 4) is 0 Å². The fraction of sp³-hybridized carbons (Fsp3) is 0.0769. The van der Waals surface area contributed by atoms with Crippen molar-refractivity contribution in [1.82, 2.24) is 4.57 Å². The van der Waals surface area contributed by atoms with Crippen LogP contribution >= 0.6 is 11.3 Å². The quantitative estimate of drug-likeness (QED) is 0.693. The van der Waals surface area contributed by atoms with Crippen LogP contribution in [-0.4, -0.2) is 8.78 Å². The molecule has 3 rings (SSSR count). The molecule has 0 bridgehead atoms. The van der Waals surface area contributed by atoms with Gasteiger partial charge in [0, 0.05) is 24.1 Å². The van der Waals surface area contributed by atoms with Gasteiger partial charge in [-0.15, -0.1) is 11.3 Å². The predicted molar refractivity (Wildman–Crippen MR) is 71.9 cm³/mol. The third kappa shape index (κ3) is 1.73. The highest BCUT2D eigenvalue weighted by Crippen LogP contribution is 2.28. The molecular formula is C13H11NOS2. The Kier molecular flexibility index (Phi) is 2.61. The summed E-state index contributed by atoms with van der Waals surface area (Å²) in [7, 11) is 0.912. The maximum absolute atomic E-state index is 12.4. The zero-order valence-corrected chi connectivity index (χ0v) is 10.9. The molecule has 86 valence electrons. The molecule has 0 fully saturated rings. The van der Waals surface area contributed by atoms with Crippen LogP contribution in [0.25, 0.3) is 10.9 Å². The van der Waals surface area contributed by atoms with Gasteiger partial charge in [0.25, 0.3) is 0 Å². The number of fused-ring (bicyclic) bond motifs is 1. The minimum Gasteiger partial charge on any atom is -0.349 e. The molecule has 0 radical (unpaired) electrons. The zero-order valence-electron chi connectivity index (χ0n) is 9.29. The summed E-state index contributed by atoms with van der Waals surface area (Å²) in [5.41, 5.74) is 1.12. The molecule has 1 unspecified atom stereocenters. The van der Waals surface area contributed by atoms with Crippen molar-refractivity contribution < 1.29 is 4.21 Å². The van der Waals surface area contributed by atoms with Crippen LogP contribution in [-0.2, 0) is 17.8 Å². The van der Waals surface area contributed by atoms with Gasteiger partial charge in [0.1, 0.15) is 0 Å². The van der Waals surface area contributed by atoms with E-state index < -0.39 is 10.8 Å². The van der Waals surface area contributed by atoms with Crippen molar-refractivity contribution in [1.29, 1.82) is 0 Å². The molecule has 2 heterocycles. The monoisotopic (exact) mass is 261 g/mol. The van der Waals surface area contributed by atoms with Crippen LogP contribution in [0, 0.1) is 0 Å². The standard InChI is InChI=1S/C13H11NOS2/c1-14-9-12(10-5-2-3-6-11(10)14)17(15)13-7-4-8-16-13/h2-9H,1H3. The van der Waals surface area contributed by atoms with Crippen molar-refractivity contribution in [2.24, 2.45) is 7.05 Å². The Bertz CT molecular complexity index is 683. The number of hydrogen-bond donors (Lipinski definition) is 0. The first-order chi connectivity index (χ1) is 8.27. The van der Waals surface area contributed by atoms with Gasteiger partial charge in [-0.05, 0) is 17.5 Å². The normalized spacial score (nSPS) is 13.0. The van der Waals surface area contributed by atoms with Crippen LogP contribution in [0.2, 0.25) is 0 Å². The van der Waals surface area contributed by atoms with Gasteiger partial charge in [-0.1, -0.05) is 24.3 Å². The number of benzene rings is 1. The lowest BCUT2D eigenvalue weighted by atomic mass is 10.2. The topological polar surface area (TPSA) is 22.0 Å². The van der Waals surface area contributed by atoms with Crippen LogP contribution in [0.15, 0.2) is 57.1 Å². The lowest BCUT2D eigenvalue weighted by Gasteiger charge is -1.96. The zero-order chi connectivity index (χ0) is 11.8. The summed E-state index contributed by atoms with van der Waals surface area (Å²) < 4.78 is 15.4. The molecule has 2 aromatic heterocycles. The summed E-state index contributed by atoms with van der Waals surface area (Å²) in [6.45, 7) is 0. The van der Waals surface area contributed by atoms with E-state index in [1.54, 1.807) is 0 Å². The maximum atomic E-state index is 12.4. The second-order valence-electron chi connectivity index (χ2n) is 3.82. The Morgan fingerprint density at radius 2 is 2.00 bits per heavy atom. The van der Waals surface area contributed by atoms with Gasteiger partial charge in [-0.3, -0.25) is 0 Å². The van der Waals surface area contributed by atoms with Crippen molar-refractivity contribution in [2.45, 2.75) is 9.10 Å². The molecule has 0 amide bonds. The highest BCUT2D eigenvalue weighted by atomic mass is 32.2. The minimum atomic E-state index is -1.07. The van der Waals surface area contributed by atoms with Crippen LogP contribution < -0.4 is 0 Å². The number of thiophene rings is 1. The highest BCUT2D eigenvalue weighted by Gasteiger charge is 2.14. The molecular weight excluding hydrogens is 250 g/mol. The van der Waals surface area contributed by atoms with Gasteiger partial charge in [0.05, 0.1) is 19.9 Å². The molecule has 2 nitrogen and oxygen atoms in total. The van der Waals surface area contributed by atoms with E-state index in [9.17, 15) is 4.21 Å². The molecule has 0 N–H and O–H groups in total. The molecule has 0 spiro atoms. The number of para-hydroxylation sites is 1. The van der Waals surface area contributed by atoms with E-state index in [1.807, 2.05) is 59.6 Å². The first-order valence-electron chi connectivity index (χ1n) is 5.27. The molecule has 0 saturated heterocycles. The first-order valence-corrected chi connectivity index (χ1v) is 7.29. The van der Waals surface area contributed by atoms with Gasteiger partial charge >= 0.3 is 0 Å². The SMILES string of the molecule is Cn1cc(S(=O)c2cccs2)c2ccccc21. The molecule has 1 atom stereocenters. The van der Waals surface area contributed by atoms with Crippen LogP contribution in [0.5, 0.6) is 0 Å². The average molecular weight is 261 g/mol. The van der Waals surface area contributed by atoms with Gasteiger partial charge in [0.2, 0.25) is 0 Å². The van der Waals surface area contributed by atoms with E-state index in [0.29, 0.717) is 0 Å². The Morgan fingerprint density at radius 1 is 1.18 bits per heavy atom. The van der Waals surface area contributed by atoms with E-state index in [2.05, 4.69) is 0 Å². The van der Waals surface area contributed by atoms with E-state index in [1.165, 1.54) is 11.3 Å². The minimum absolute atomic E-state index is 0.894. The van der Waals surface area contributed by atoms with Crippen molar-refractivity contribution >= 4 is 33.0 Å². The smallest absolute Gasteiger partial charge is 0.0973 e. The molecule has 17 heavy (non-hydrogen) atoms. The van der Waals surface area contributed by atoms with Gasteiger partial charge < -0.3 is 4.57 Å². The molecule has 0 aliphatic heterocycles. The Morgan fingerprint density at radius 3 is 2.76 bits per heavy atom. The summed E-state index contributed by atoms with van der Waals surface area (Å²) in [4.78, 5) is 0.894. The number of rotatable bonds is 2. The first kappa shape index (κ1) is 10.7. The molecule has 3 aromatic rings. The Hall–Kier alpha value is -1.39. The van der Waals surface area contributed by atoms with E-state index in [-0.39, 0.29) is 0 Å². The maximum Gasteiger partial charge on any atom is 0.0973 e. The third-order valence-electron chi connectivity index (χ3n) is 2.74. The van der Waals surface area contributed by atoms with Crippen molar-refractivity contribution in [3.05, 3.63) is 48.0 Å². The molecule has 4 heteroatoms. The van der Waals surface area contributed by atoms with Crippen molar-refractivity contribution in [2.75, 3.05) is 0 Å².